The minimum atomic E-state index is 0.800. The fraction of sp³-hybridized carbons (Fsp3) is 0.833. The lowest BCUT2D eigenvalue weighted by atomic mass is 10.0. The van der Waals surface area contributed by atoms with Crippen LogP contribution in [-0.4, -0.2) is 13.2 Å². The molecule has 0 spiro atoms. The lowest BCUT2D eigenvalue weighted by Gasteiger charge is -2.09. The van der Waals surface area contributed by atoms with E-state index in [-0.39, 0.29) is 0 Å². The molecule has 221 valence electrons. The van der Waals surface area contributed by atoms with Crippen LogP contribution in [0.4, 0.5) is 0 Å². The van der Waals surface area contributed by atoms with Gasteiger partial charge >= 0.3 is 0 Å². The van der Waals surface area contributed by atoms with Gasteiger partial charge in [0.2, 0.25) is 0 Å². The molecule has 2 nitrogen and oxygen atoms in total. The van der Waals surface area contributed by atoms with Crippen molar-refractivity contribution in [2.75, 3.05) is 13.2 Å². The summed E-state index contributed by atoms with van der Waals surface area (Å²) in [6.45, 7) is 6.18. The summed E-state index contributed by atoms with van der Waals surface area (Å²) in [6, 6.07) is 9.07. The second kappa shape index (κ2) is 28.8. The zero-order valence-electron chi connectivity index (χ0n) is 25.8. The van der Waals surface area contributed by atoms with Crippen molar-refractivity contribution in [2.24, 2.45) is 0 Å². The highest BCUT2D eigenvalue weighted by atomic mass is 16.5. The molecular formula is C36H65O2. The molecule has 1 aromatic rings. The van der Waals surface area contributed by atoms with E-state index in [4.69, 9.17) is 9.47 Å². The summed E-state index contributed by atoms with van der Waals surface area (Å²) in [4.78, 5) is 0. The molecule has 0 saturated heterocycles. The smallest absolute Gasteiger partial charge is 0.123 e. The van der Waals surface area contributed by atoms with Crippen molar-refractivity contribution >= 4 is 0 Å². The Morgan fingerprint density at radius 2 is 0.658 bits per heavy atom. The van der Waals surface area contributed by atoms with E-state index in [1.54, 1.807) is 0 Å². The van der Waals surface area contributed by atoms with Gasteiger partial charge in [0.05, 0.1) is 13.2 Å². The van der Waals surface area contributed by atoms with Crippen molar-refractivity contribution in [2.45, 2.75) is 181 Å². The predicted molar refractivity (Wildman–Crippen MR) is 168 cm³/mol. The van der Waals surface area contributed by atoms with Crippen molar-refractivity contribution in [3.63, 3.8) is 0 Å². The molecule has 0 bridgehead atoms. The average Bonchev–Trinajstić information content (AvgIpc) is 2.93. The van der Waals surface area contributed by atoms with Crippen molar-refractivity contribution in [1.82, 2.24) is 0 Å². The SMILES string of the molecule is CCCCCCCCCCCCCCCOc1c[c]cc(OCCCCCCCCCCCCCCC)c1. The Labute approximate surface area is 239 Å². The molecule has 2 heteroatoms. The predicted octanol–water partition coefficient (Wildman–Crippen LogP) is 12.4. The average molecular weight is 530 g/mol. The van der Waals surface area contributed by atoms with E-state index >= 15 is 0 Å². The van der Waals surface area contributed by atoms with E-state index in [2.05, 4.69) is 19.9 Å². The molecule has 0 saturated carbocycles. The fourth-order valence-corrected chi connectivity index (χ4v) is 5.22. The Bertz CT molecular complexity index is 537. The third kappa shape index (κ3) is 23.9. The van der Waals surface area contributed by atoms with E-state index in [0.29, 0.717) is 0 Å². The van der Waals surface area contributed by atoms with Gasteiger partial charge in [-0.2, -0.15) is 0 Å². The maximum Gasteiger partial charge on any atom is 0.123 e. The number of benzene rings is 1. The van der Waals surface area contributed by atoms with Crippen molar-refractivity contribution in [3.05, 3.63) is 24.3 Å². The standard InChI is InChI=1S/C36H65O2/c1-3-5-7-9-11-13-15-17-19-21-23-25-27-32-37-35-30-29-31-36(34-35)38-33-28-26-24-22-20-18-16-14-12-10-8-6-4-2/h30-31,34H,3-28,32-33H2,1-2H3. The molecule has 0 aliphatic heterocycles. The highest BCUT2D eigenvalue weighted by molar-refractivity contribution is 5.32. The van der Waals surface area contributed by atoms with E-state index < -0.39 is 0 Å². The van der Waals surface area contributed by atoms with Gasteiger partial charge in [0.15, 0.2) is 0 Å². The number of rotatable bonds is 30. The minimum Gasteiger partial charge on any atom is -0.493 e. The number of hydrogen-bond donors (Lipinski definition) is 0. The molecule has 0 atom stereocenters. The maximum absolute atomic E-state index is 5.96. The van der Waals surface area contributed by atoms with E-state index in [0.717, 1.165) is 37.6 Å². The molecule has 1 radical (unpaired) electrons. The molecule has 1 rings (SSSR count). The van der Waals surface area contributed by atoms with Gasteiger partial charge in [0.1, 0.15) is 11.5 Å². The van der Waals surface area contributed by atoms with Crippen molar-refractivity contribution in [3.8, 4) is 11.5 Å². The van der Waals surface area contributed by atoms with Crippen LogP contribution < -0.4 is 9.47 Å². The van der Waals surface area contributed by atoms with E-state index in [1.807, 2.05) is 18.2 Å². The van der Waals surface area contributed by atoms with Crippen LogP contribution in [0.3, 0.4) is 0 Å². The van der Waals surface area contributed by atoms with Crippen LogP contribution in [0.1, 0.15) is 181 Å². The molecule has 0 aliphatic rings. The summed E-state index contributed by atoms with van der Waals surface area (Å²) < 4.78 is 11.9. The minimum absolute atomic E-state index is 0.800. The van der Waals surface area contributed by atoms with Gasteiger partial charge in [0.25, 0.3) is 0 Å². The number of ether oxygens (including phenoxy) is 2. The topological polar surface area (TPSA) is 18.5 Å². The van der Waals surface area contributed by atoms with Crippen LogP contribution in [0, 0.1) is 6.07 Å². The summed E-state index contributed by atoms with van der Waals surface area (Å²) in [5.41, 5.74) is 0. The van der Waals surface area contributed by atoms with Gasteiger partial charge in [0, 0.05) is 6.07 Å². The third-order valence-electron chi connectivity index (χ3n) is 7.77. The molecule has 0 amide bonds. The number of unbranched alkanes of at least 4 members (excludes halogenated alkanes) is 24. The van der Waals surface area contributed by atoms with Crippen LogP contribution in [0.5, 0.6) is 11.5 Å². The van der Waals surface area contributed by atoms with Gasteiger partial charge in [-0.25, -0.2) is 0 Å². The summed E-state index contributed by atoms with van der Waals surface area (Å²) >= 11 is 0. The van der Waals surface area contributed by atoms with Crippen LogP contribution in [0.2, 0.25) is 0 Å². The zero-order valence-corrected chi connectivity index (χ0v) is 25.8. The zero-order chi connectivity index (χ0) is 27.2. The van der Waals surface area contributed by atoms with Crippen LogP contribution in [-0.2, 0) is 0 Å². The molecule has 0 unspecified atom stereocenters. The first kappa shape index (κ1) is 34.8. The Morgan fingerprint density at radius 3 is 0.947 bits per heavy atom. The van der Waals surface area contributed by atoms with Gasteiger partial charge in [-0.1, -0.05) is 168 Å². The van der Waals surface area contributed by atoms with Gasteiger partial charge < -0.3 is 9.47 Å². The molecule has 0 aromatic heterocycles. The van der Waals surface area contributed by atoms with Crippen LogP contribution in [0.25, 0.3) is 0 Å². The Balaban J connectivity index is 1.88. The summed E-state index contributed by atoms with van der Waals surface area (Å²) in [7, 11) is 0. The van der Waals surface area contributed by atoms with E-state index in [9.17, 15) is 0 Å². The lowest BCUT2D eigenvalue weighted by Crippen LogP contribution is -2.00. The molecule has 0 heterocycles. The summed E-state index contributed by atoms with van der Waals surface area (Å²) in [5.74, 6) is 1.79. The Kier molecular flexibility index (Phi) is 26.4. The van der Waals surface area contributed by atoms with Gasteiger partial charge in [-0.05, 0) is 31.0 Å². The van der Waals surface area contributed by atoms with Crippen molar-refractivity contribution < 1.29 is 9.47 Å². The molecule has 1 aromatic carbocycles. The number of hydrogen-bond acceptors (Lipinski definition) is 2. The van der Waals surface area contributed by atoms with Crippen molar-refractivity contribution in [1.29, 1.82) is 0 Å². The first-order valence-electron chi connectivity index (χ1n) is 17.1. The normalized spacial score (nSPS) is 11.2. The first-order chi connectivity index (χ1) is 18.9. The lowest BCUT2D eigenvalue weighted by molar-refractivity contribution is 0.289. The third-order valence-corrected chi connectivity index (χ3v) is 7.77. The summed E-state index contributed by atoms with van der Waals surface area (Å²) in [5, 5.41) is 0. The van der Waals surface area contributed by atoms with Crippen LogP contribution in [0.15, 0.2) is 18.2 Å². The molecule has 0 N–H and O–H groups in total. The summed E-state index contributed by atoms with van der Waals surface area (Å²) in [6.07, 6.45) is 35.9. The Morgan fingerprint density at radius 1 is 0.395 bits per heavy atom. The Hall–Kier alpha value is -1.18. The fourth-order valence-electron chi connectivity index (χ4n) is 5.22. The molecule has 0 fully saturated rings. The first-order valence-corrected chi connectivity index (χ1v) is 17.1. The highest BCUT2D eigenvalue weighted by Gasteiger charge is 2.00. The highest BCUT2D eigenvalue weighted by Crippen LogP contribution is 2.20. The maximum atomic E-state index is 5.96. The van der Waals surface area contributed by atoms with E-state index in [1.165, 1.54) is 154 Å². The quantitative estimate of drug-likeness (QED) is 0.0922. The molecule has 38 heavy (non-hydrogen) atoms. The largest absolute Gasteiger partial charge is 0.493 e. The monoisotopic (exact) mass is 529 g/mol. The van der Waals surface area contributed by atoms with Gasteiger partial charge in [-0.3, -0.25) is 0 Å². The van der Waals surface area contributed by atoms with Crippen LogP contribution >= 0.6 is 0 Å². The van der Waals surface area contributed by atoms with Gasteiger partial charge in [-0.15, -0.1) is 0 Å². The second-order valence-corrected chi connectivity index (χ2v) is 11.6. The molecule has 0 aliphatic carbocycles. The molecular weight excluding hydrogens is 464 g/mol. The second-order valence-electron chi connectivity index (χ2n) is 11.6.